The zero-order valence-electron chi connectivity index (χ0n) is 11.9. The Labute approximate surface area is 128 Å². The van der Waals surface area contributed by atoms with Gasteiger partial charge in [-0.15, -0.1) is 11.3 Å². The first-order chi connectivity index (χ1) is 10.2. The molecule has 0 saturated carbocycles. The third-order valence-electron chi connectivity index (χ3n) is 3.89. The Morgan fingerprint density at radius 2 is 1.95 bits per heavy atom. The Balaban J connectivity index is 1.81. The van der Waals surface area contributed by atoms with Gasteiger partial charge in [-0.2, -0.15) is 0 Å². The number of rotatable bonds is 3. The van der Waals surface area contributed by atoms with Crippen LogP contribution in [0.25, 0.3) is 0 Å². The summed E-state index contributed by atoms with van der Waals surface area (Å²) in [4.78, 5) is 27.8. The minimum Gasteiger partial charge on any atom is -0.328 e. The van der Waals surface area contributed by atoms with E-state index in [9.17, 15) is 9.59 Å². The average Bonchev–Trinajstić information content (AvgIpc) is 3.17. The van der Waals surface area contributed by atoms with Crippen LogP contribution >= 0.6 is 11.3 Å². The van der Waals surface area contributed by atoms with Gasteiger partial charge < -0.3 is 4.90 Å². The van der Waals surface area contributed by atoms with Crippen molar-refractivity contribution in [1.29, 1.82) is 0 Å². The number of Topliss-reactive ketones (excluding diaryl/α,β-unsaturated/α-hetero) is 1. The van der Waals surface area contributed by atoms with Gasteiger partial charge in [-0.25, -0.2) is 0 Å². The molecule has 1 aliphatic heterocycles. The number of likely N-dealkylation sites (tertiary alicyclic amines) is 1. The lowest BCUT2D eigenvalue weighted by Crippen LogP contribution is -2.35. The van der Waals surface area contributed by atoms with Crippen LogP contribution in [0, 0.1) is 6.92 Å². The van der Waals surface area contributed by atoms with Gasteiger partial charge in [0.05, 0.1) is 6.04 Å². The summed E-state index contributed by atoms with van der Waals surface area (Å²) in [5, 5.41) is 2.01. The second-order valence-corrected chi connectivity index (χ2v) is 6.35. The van der Waals surface area contributed by atoms with Crippen molar-refractivity contribution in [1.82, 2.24) is 4.90 Å². The fourth-order valence-corrected chi connectivity index (χ4v) is 3.62. The van der Waals surface area contributed by atoms with Gasteiger partial charge >= 0.3 is 0 Å². The zero-order valence-corrected chi connectivity index (χ0v) is 12.7. The van der Waals surface area contributed by atoms with Gasteiger partial charge in [-0.3, -0.25) is 9.59 Å². The predicted molar refractivity (Wildman–Crippen MR) is 83.5 cm³/mol. The number of benzene rings is 1. The van der Waals surface area contributed by atoms with E-state index in [0.29, 0.717) is 12.1 Å². The summed E-state index contributed by atoms with van der Waals surface area (Å²) in [6, 6.07) is 11.3. The van der Waals surface area contributed by atoms with Crippen LogP contribution in [0.5, 0.6) is 0 Å². The molecule has 1 fully saturated rings. The Morgan fingerprint density at radius 1 is 1.19 bits per heavy atom. The van der Waals surface area contributed by atoms with Gasteiger partial charge in [0, 0.05) is 17.0 Å². The summed E-state index contributed by atoms with van der Waals surface area (Å²) in [5.74, 6) is -0.784. The lowest BCUT2D eigenvalue weighted by Gasteiger charge is -2.23. The quantitative estimate of drug-likeness (QED) is 0.641. The monoisotopic (exact) mass is 299 g/mol. The lowest BCUT2D eigenvalue weighted by atomic mass is 10.1. The molecule has 3 nitrogen and oxygen atoms in total. The maximum Gasteiger partial charge on any atom is 0.295 e. The minimum atomic E-state index is -0.404. The van der Waals surface area contributed by atoms with E-state index in [4.69, 9.17) is 0 Å². The predicted octanol–water partition coefficient (Wildman–Crippen LogP) is 3.60. The molecule has 0 aliphatic carbocycles. The molecule has 1 aliphatic rings. The number of amides is 1. The van der Waals surface area contributed by atoms with Gasteiger partial charge in [0.1, 0.15) is 0 Å². The molecule has 0 N–H and O–H groups in total. The first-order valence-electron chi connectivity index (χ1n) is 7.12. The van der Waals surface area contributed by atoms with E-state index < -0.39 is 5.78 Å². The van der Waals surface area contributed by atoms with E-state index in [0.717, 1.165) is 23.3 Å². The molecule has 1 atom stereocenters. The van der Waals surface area contributed by atoms with Crippen LogP contribution in [-0.2, 0) is 4.79 Å². The molecule has 0 radical (unpaired) electrons. The minimum absolute atomic E-state index is 0.0619. The van der Waals surface area contributed by atoms with E-state index in [2.05, 4.69) is 0 Å². The fraction of sp³-hybridized carbons (Fsp3) is 0.294. The summed E-state index contributed by atoms with van der Waals surface area (Å²) >= 11 is 1.65. The van der Waals surface area contributed by atoms with Gasteiger partial charge in [-0.05, 0) is 31.2 Å². The maximum absolute atomic E-state index is 12.5. The van der Waals surface area contributed by atoms with Crippen molar-refractivity contribution in [3.8, 4) is 0 Å². The largest absolute Gasteiger partial charge is 0.328 e. The highest BCUT2D eigenvalue weighted by Crippen LogP contribution is 2.34. The zero-order chi connectivity index (χ0) is 14.8. The maximum atomic E-state index is 12.5. The van der Waals surface area contributed by atoms with E-state index in [-0.39, 0.29) is 11.9 Å². The smallest absolute Gasteiger partial charge is 0.295 e. The van der Waals surface area contributed by atoms with Crippen molar-refractivity contribution < 1.29 is 9.59 Å². The van der Waals surface area contributed by atoms with Crippen LogP contribution in [0.15, 0.2) is 41.8 Å². The number of hydrogen-bond donors (Lipinski definition) is 0. The molecule has 4 heteroatoms. The third kappa shape index (κ3) is 2.76. The summed E-state index contributed by atoms with van der Waals surface area (Å²) < 4.78 is 0. The first-order valence-corrected chi connectivity index (χ1v) is 8.00. The Morgan fingerprint density at radius 3 is 2.62 bits per heavy atom. The summed E-state index contributed by atoms with van der Waals surface area (Å²) in [7, 11) is 0. The van der Waals surface area contributed by atoms with Crippen LogP contribution in [0.4, 0.5) is 0 Å². The fourth-order valence-electron chi connectivity index (χ4n) is 2.75. The Kier molecular flexibility index (Phi) is 3.88. The number of thiophene rings is 1. The normalized spacial score (nSPS) is 18.0. The SMILES string of the molecule is Cc1ccc(C(=O)C(=O)N2CCCC2c2cccs2)cc1. The standard InChI is InChI=1S/C17H17NO2S/c1-12-6-8-13(9-7-12)16(19)17(20)18-10-2-4-14(18)15-5-3-11-21-15/h3,5-9,11,14H,2,4,10H2,1H3. The topological polar surface area (TPSA) is 37.4 Å². The van der Waals surface area contributed by atoms with Crippen molar-refractivity contribution in [2.45, 2.75) is 25.8 Å². The molecular formula is C17H17NO2S. The second kappa shape index (κ2) is 5.82. The van der Waals surface area contributed by atoms with Crippen LogP contribution < -0.4 is 0 Å². The second-order valence-electron chi connectivity index (χ2n) is 5.37. The molecule has 1 aromatic carbocycles. The van der Waals surface area contributed by atoms with E-state index >= 15 is 0 Å². The van der Waals surface area contributed by atoms with E-state index in [1.54, 1.807) is 28.4 Å². The van der Waals surface area contributed by atoms with Gasteiger partial charge in [0.15, 0.2) is 0 Å². The van der Waals surface area contributed by atoms with Crippen LogP contribution in [-0.4, -0.2) is 23.1 Å². The van der Waals surface area contributed by atoms with Crippen molar-refractivity contribution in [2.75, 3.05) is 6.54 Å². The van der Waals surface area contributed by atoms with Crippen LogP contribution in [0.3, 0.4) is 0 Å². The van der Waals surface area contributed by atoms with Crippen LogP contribution in [0.2, 0.25) is 0 Å². The summed E-state index contributed by atoms with van der Waals surface area (Å²) in [6.45, 7) is 2.63. The number of ketones is 1. The molecule has 0 bridgehead atoms. The van der Waals surface area contributed by atoms with Gasteiger partial charge in [0.25, 0.3) is 5.91 Å². The third-order valence-corrected chi connectivity index (χ3v) is 4.87. The molecule has 1 unspecified atom stereocenters. The molecule has 1 saturated heterocycles. The number of carbonyl (C=O) groups is 2. The number of carbonyl (C=O) groups excluding carboxylic acids is 2. The molecular weight excluding hydrogens is 282 g/mol. The summed E-state index contributed by atoms with van der Waals surface area (Å²) in [5.41, 5.74) is 1.55. The van der Waals surface area contributed by atoms with Crippen molar-refractivity contribution in [3.05, 3.63) is 57.8 Å². The number of nitrogens with zero attached hydrogens (tertiary/aromatic N) is 1. The molecule has 3 rings (SSSR count). The summed E-state index contributed by atoms with van der Waals surface area (Å²) in [6.07, 6.45) is 1.89. The highest BCUT2D eigenvalue weighted by Gasteiger charge is 2.34. The number of hydrogen-bond acceptors (Lipinski definition) is 3. The van der Waals surface area contributed by atoms with E-state index in [1.165, 1.54) is 0 Å². The average molecular weight is 299 g/mol. The highest BCUT2D eigenvalue weighted by atomic mass is 32.1. The molecule has 21 heavy (non-hydrogen) atoms. The molecule has 1 aromatic heterocycles. The van der Waals surface area contributed by atoms with Gasteiger partial charge in [-0.1, -0.05) is 35.9 Å². The molecule has 108 valence electrons. The van der Waals surface area contributed by atoms with Crippen molar-refractivity contribution in [3.63, 3.8) is 0 Å². The lowest BCUT2D eigenvalue weighted by molar-refractivity contribution is -0.127. The van der Waals surface area contributed by atoms with Gasteiger partial charge in [0.2, 0.25) is 5.78 Å². The number of aryl methyl sites for hydroxylation is 1. The first kappa shape index (κ1) is 14.0. The van der Waals surface area contributed by atoms with Crippen molar-refractivity contribution >= 4 is 23.0 Å². The molecule has 0 spiro atoms. The van der Waals surface area contributed by atoms with E-state index in [1.807, 2.05) is 36.6 Å². The molecule has 1 amide bonds. The Bertz CT molecular complexity index is 646. The molecule has 2 aromatic rings. The molecule has 2 heterocycles. The Hall–Kier alpha value is -1.94. The van der Waals surface area contributed by atoms with Crippen LogP contribution in [0.1, 0.15) is 39.7 Å². The van der Waals surface area contributed by atoms with Crippen molar-refractivity contribution in [2.24, 2.45) is 0 Å². The highest BCUT2D eigenvalue weighted by molar-refractivity contribution is 7.10.